The van der Waals surface area contributed by atoms with Crippen LogP contribution < -0.4 is 0 Å². The van der Waals surface area contributed by atoms with Crippen LogP contribution in [0.5, 0.6) is 0 Å². The molecule has 0 aromatic heterocycles. The topological polar surface area (TPSA) is 92.3 Å². The second-order valence-electron chi connectivity index (χ2n) is 15.4. The lowest BCUT2D eigenvalue weighted by Crippen LogP contribution is -2.63. The van der Waals surface area contributed by atoms with Gasteiger partial charge in [-0.2, -0.15) is 0 Å². The normalized spacial score (nSPS) is 27.9. The van der Waals surface area contributed by atoms with Gasteiger partial charge >= 0.3 is 0 Å². The van der Waals surface area contributed by atoms with Gasteiger partial charge in [-0.25, -0.2) is 0 Å². The molecule has 2 fully saturated rings. The fourth-order valence-corrected chi connectivity index (χ4v) is 7.99. The monoisotopic (exact) mass is 827 g/mol. The van der Waals surface area contributed by atoms with Gasteiger partial charge in [-0.15, -0.1) is 0 Å². The lowest BCUT2D eigenvalue weighted by atomic mass is 9.97. The first-order valence-corrected chi connectivity index (χ1v) is 23.9. The van der Waals surface area contributed by atoms with E-state index in [0.29, 0.717) is 52.9 Å². The van der Waals surface area contributed by atoms with E-state index in [1.165, 1.54) is 0 Å². The largest absolute Gasteiger partial charge is 0.379 e. The summed E-state index contributed by atoms with van der Waals surface area (Å²) in [6.45, 7) is 20.1. The van der Waals surface area contributed by atoms with E-state index >= 15 is 0 Å². The predicted molar refractivity (Wildman–Crippen MR) is 229 cm³/mol. The Morgan fingerprint density at radius 3 is 1.32 bits per heavy atom. The second kappa shape index (κ2) is 32.0. The van der Waals surface area contributed by atoms with Gasteiger partial charge in [0.05, 0.1) is 13.2 Å². The molecule has 0 aliphatic carbocycles. The summed E-state index contributed by atoms with van der Waals surface area (Å²) in [4.78, 5) is 1.11. The first-order valence-electron chi connectivity index (χ1n) is 23.0. The summed E-state index contributed by atoms with van der Waals surface area (Å²) in [7, 11) is 0. The minimum Gasteiger partial charge on any atom is -0.379 e. The minimum absolute atomic E-state index is 0.211. The third kappa shape index (κ3) is 18.4. The van der Waals surface area contributed by atoms with Crippen LogP contribution in [0.25, 0.3) is 0 Å². The molecule has 0 N–H and O–H groups in total. The van der Waals surface area contributed by atoms with Crippen molar-refractivity contribution in [3.8, 4) is 0 Å². The van der Waals surface area contributed by atoms with E-state index < -0.39 is 36.8 Å². The van der Waals surface area contributed by atoms with E-state index in [9.17, 15) is 0 Å². The number of rotatable bonds is 34. The highest BCUT2D eigenvalue weighted by molar-refractivity contribution is 7.99. The fraction of sp³-hybridized carbons (Fsp3) is 0.870. The highest BCUT2D eigenvalue weighted by atomic mass is 32.2. The third-order valence-electron chi connectivity index (χ3n) is 10.4. The summed E-state index contributed by atoms with van der Waals surface area (Å²) >= 11 is 1.67. The number of hydrogen-bond donors (Lipinski definition) is 0. The molecule has 2 aliphatic rings. The maximum atomic E-state index is 7.08. The molecule has 0 saturated carbocycles. The van der Waals surface area contributed by atoms with Crippen LogP contribution in [0, 0.1) is 0 Å². The van der Waals surface area contributed by atoms with Crippen molar-refractivity contribution in [2.45, 2.75) is 204 Å². The first kappa shape index (κ1) is 50.5. The van der Waals surface area contributed by atoms with Gasteiger partial charge in [0.15, 0.2) is 6.29 Å². The van der Waals surface area contributed by atoms with Crippen LogP contribution >= 0.6 is 11.8 Å². The van der Waals surface area contributed by atoms with Crippen molar-refractivity contribution in [2.24, 2.45) is 0 Å². The van der Waals surface area contributed by atoms with Gasteiger partial charge in [0.25, 0.3) is 0 Å². The SMILES string of the molecule is CCCCOCC1O[C@H](OCC2O[C@@H](Sc3ccccc3)C(OCCCC)C(OCCCC)[C@@H]2OCCCC)C(OCCCC)[C@@H](OCCCC)[C@@H]1OCCCC. The molecule has 2 heterocycles. The lowest BCUT2D eigenvalue weighted by molar-refractivity contribution is -0.333. The van der Waals surface area contributed by atoms with E-state index in [4.69, 9.17) is 47.4 Å². The second-order valence-corrected chi connectivity index (χ2v) is 16.6. The molecule has 2 aliphatic heterocycles. The highest BCUT2D eigenvalue weighted by Crippen LogP contribution is 2.38. The summed E-state index contributed by atoms with van der Waals surface area (Å²) in [6.07, 6.45) is 9.93. The van der Waals surface area contributed by atoms with Crippen molar-refractivity contribution in [3.63, 3.8) is 0 Å². The summed E-state index contributed by atoms with van der Waals surface area (Å²) in [6, 6.07) is 10.4. The smallest absolute Gasteiger partial charge is 0.187 e. The Labute approximate surface area is 351 Å². The molecule has 0 radical (unpaired) electrons. The lowest BCUT2D eigenvalue weighted by Gasteiger charge is -2.48. The van der Waals surface area contributed by atoms with E-state index in [1.54, 1.807) is 11.8 Å². The van der Waals surface area contributed by atoms with Crippen molar-refractivity contribution in [3.05, 3.63) is 30.3 Å². The number of thioether (sulfide) groups is 1. The molecule has 10 nitrogen and oxygen atoms in total. The van der Waals surface area contributed by atoms with Crippen LogP contribution in [0.3, 0.4) is 0 Å². The molecule has 57 heavy (non-hydrogen) atoms. The van der Waals surface area contributed by atoms with Gasteiger partial charge < -0.3 is 47.4 Å². The van der Waals surface area contributed by atoms with Crippen LogP contribution in [0.2, 0.25) is 0 Å². The van der Waals surface area contributed by atoms with Gasteiger partial charge in [-0.05, 0) is 57.1 Å². The molecule has 11 heteroatoms. The summed E-state index contributed by atoms with van der Waals surface area (Å²) in [5.41, 5.74) is -0.347. The van der Waals surface area contributed by atoms with Gasteiger partial charge in [0.1, 0.15) is 54.3 Å². The summed E-state index contributed by atoms with van der Waals surface area (Å²) in [5, 5.41) is 0. The van der Waals surface area contributed by atoms with E-state index in [1.807, 2.05) is 6.07 Å². The quantitative estimate of drug-likeness (QED) is 0.0622. The highest BCUT2D eigenvalue weighted by Gasteiger charge is 2.52. The van der Waals surface area contributed by atoms with Crippen molar-refractivity contribution >= 4 is 11.8 Å². The first-order chi connectivity index (χ1) is 28.1. The average molecular weight is 827 g/mol. The molecule has 0 spiro atoms. The van der Waals surface area contributed by atoms with Gasteiger partial charge in [-0.1, -0.05) is 123 Å². The molecule has 10 atom stereocenters. The molecule has 0 amide bonds. The number of ether oxygens (including phenoxy) is 10. The third-order valence-corrected chi connectivity index (χ3v) is 11.5. The van der Waals surface area contributed by atoms with Gasteiger partial charge in [-0.3, -0.25) is 0 Å². The van der Waals surface area contributed by atoms with Gasteiger partial charge in [0.2, 0.25) is 0 Å². The fourth-order valence-electron chi connectivity index (χ4n) is 6.84. The zero-order valence-corrected chi connectivity index (χ0v) is 37.7. The van der Waals surface area contributed by atoms with E-state index in [0.717, 1.165) is 94.8 Å². The van der Waals surface area contributed by atoms with E-state index in [2.05, 4.69) is 72.7 Å². The summed E-state index contributed by atoms with van der Waals surface area (Å²) < 4.78 is 67.4. The van der Waals surface area contributed by atoms with Crippen LogP contribution in [0.4, 0.5) is 0 Å². The van der Waals surface area contributed by atoms with Crippen LogP contribution in [0.1, 0.15) is 138 Å². The Morgan fingerprint density at radius 1 is 0.421 bits per heavy atom. The van der Waals surface area contributed by atoms with Crippen LogP contribution in [-0.4, -0.2) is 120 Å². The maximum Gasteiger partial charge on any atom is 0.187 e. The van der Waals surface area contributed by atoms with Crippen molar-refractivity contribution in [2.75, 3.05) is 59.5 Å². The molecule has 332 valence electrons. The Kier molecular flexibility index (Phi) is 28.3. The Bertz CT molecular complexity index is 1070. The molecule has 1 aromatic carbocycles. The van der Waals surface area contributed by atoms with Crippen molar-refractivity contribution in [1.29, 1.82) is 0 Å². The number of benzene rings is 1. The molecule has 2 saturated heterocycles. The molecular weight excluding hydrogens is 745 g/mol. The Hall–Kier alpha value is -0.830. The average Bonchev–Trinajstić information content (AvgIpc) is 3.22. The number of unbranched alkanes of at least 4 members (excludes halogenated alkanes) is 7. The van der Waals surface area contributed by atoms with Crippen LogP contribution in [-0.2, 0) is 47.4 Å². The Balaban J connectivity index is 2.01. The molecule has 0 bridgehead atoms. The van der Waals surface area contributed by atoms with Crippen LogP contribution in [0.15, 0.2) is 35.2 Å². The molecule has 3 rings (SSSR count). The standard InChI is InChI=1S/C46H82O10S/c1-8-15-27-47-34-37-39(48-28-16-9-2)41(50-30-18-11-4)43(52-32-20-13-6)45(55-37)54-35-38-40(49-29-17-10-3)42(51-31-19-12-5)44(53-33-21-14-7)46(56-38)57-36-25-23-22-24-26-36/h22-26,37-46H,8-21,27-35H2,1-7H3/t37?,38?,39-,40-,41+,42?,43?,44?,45+,46+/m1/s1. The predicted octanol–water partition coefficient (Wildman–Crippen LogP) is 10.2. The Morgan fingerprint density at radius 2 is 0.825 bits per heavy atom. The zero-order chi connectivity index (χ0) is 40.9. The van der Waals surface area contributed by atoms with Gasteiger partial charge in [0, 0.05) is 51.1 Å². The molecule has 5 unspecified atom stereocenters. The summed E-state index contributed by atoms with van der Waals surface area (Å²) in [5.74, 6) is 0. The zero-order valence-electron chi connectivity index (χ0n) is 36.9. The minimum atomic E-state index is -0.739. The molecular formula is C46H82O10S. The van der Waals surface area contributed by atoms with Crippen molar-refractivity contribution < 1.29 is 47.4 Å². The van der Waals surface area contributed by atoms with E-state index in [-0.39, 0.29) is 30.4 Å². The maximum absolute atomic E-state index is 7.08. The van der Waals surface area contributed by atoms with Crippen molar-refractivity contribution in [1.82, 2.24) is 0 Å². The number of hydrogen-bond acceptors (Lipinski definition) is 11. The molecule has 1 aromatic rings.